The standard InChI is InChI=1S/C17H23N3O2S2.ClH/c1-12(18-2)10-15-19-16(22-20-15)11-21-14-6-4-13(5-7-14)17-23-8-3-9-24-17;/h4-7,12,17-18H,3,8-11H2,1-2H3;1H. The average molecular weight is 402 g/mol. The third-order valence-electron chi connectivity index (χ3n) is 3.83. The van der Waals surface area contributed by atoms with Gasteiger partial charge < -0.3 is 14.6 Å². The Labute approximate surface area is 163 Å². The summed E-state index contributed by atoms with van der Waals surface area (Å²) in [5, 5.41) is 7.14. The van der Waals surface area contributed by atoms with Crippen molar-refractivity contribution in [1.82, 2.24) is 15.5 Å². The van der Waals surface area contributed by atoms with Crippen molar-refractivity contribution in [1.29, 1.82) is 0 Å². The van der Waals surface area contributed by atoms with E-state index in [4.69, 9.17) is 9.26 Å². The Morgan fingerprint density at radius 2 is 2.00 bits per heavy atom. The molecule has 1 aliphatic rings. The minimum Gasteiger partial charge on any atom is -0.484 e. The molecule has 2 aromatic rings. The summed E-state index contributed by atoms with van der Waals surface area (Å²) in [6.07, 6.45) is 2.05. The highest BCUT2D eigenvalue weighted by molar-refractivity contribution is 8.16. The van der Waals surface area contributed by atoms with E-state index in [2.05, 4.69) is 34.5 Å². The summed E-state index contributed by atoms with van der Waals surface area (Å²) in [6.45, 7) is 2.38. The zero-order chi connectivity index (χ0) is 16.8. The van der Waals surface area contributed by atoms with Gasteiger partial charge in [-0.15, -0.1) is 35.9 Å². The first kappa shape index (κ1) is 20.4. The highest BCUT2D eigenvalue weighted by Gasteiger charge is 2.16. The maximum absolute atomic E-state index is 5.75. The van der Waals surface area contributed by atoms with Crippen molar-refractivity contribution in [3.63, 3.8) is 0 Å². The molecule has 0 saturated carbocycles. The number of benzene rings is 1. The maximum atomic E-state index is 5.75. The van der Waals surface area contributed by atoms with Crippen molar-refractivity contribution < 1.29 is 9.26 Å². The number of nitrogens with one attached hydrogen (secondary N) is 1. The molecule has 1 unspecified atom stereocenters. The predicted octanol–water partition coefficient (Wildman–Crippen LogP) is 4.09. The third kappa shape index (κ3) is 6.09. The fourth-order valence-corrected chi connectivity index (χ4v) is 5.25. The third-order valence-corrected chi connectivity index (χ3v) is 6.85. The number of hydrogen-bond acceptors (Lipinski definition) is 7. The normalized spacial score (nSPS) is 16.2. The number of aromatic nitrogens is 2. The summed E-state index contributed by atoms with van der Waals surface area (Å²) >= 11 is 4.05. The van der Waals surface area contributed by atoms with Gasteiger partial charge in [0, 0.05) is 12.5 Å². The molecular formula is C17H24ClN3O2S2. The lowest BCUT2D eigenvalue weighted by molar-refractivity contribution is 0.242. The second kappa shape index (κ2) is 10.3. The van der Waals surface area contributed by atoms with Crippen LogP contribution < -0.4 is 10.1 Å². The van der Waals surface area contributed by atoms with Crippen molar-refractivity contribution >= 4 is 35.9 Å². The molecule has 0 aliphatic carbocycles. The molecule has 1 N–H and O–H groups in total. The molecule has 1 saturated heterocycles. The van der Waals surface area contributed by atoms with Gasteiger partial charge in [0.25, 0.3) is 5.89 Å². The molecule has 0 amide bonds. The first-order chi connectivity index (χ1) is 11.7. The van der Waals surface area contributed by atoms with Gasteiger partial charge in [0.2, 0.25) is 0 Å². The number of ether oxygens (including phenoxy) is 1. The first-order valence-corrected chi connectivity index (χ1v) is 10.3. The second-order valence-corrected chi connectivity index (χ2v) is 8.51. The smallest absolute Gasteiger partial charge is 0.264 e. The Balaban J connectivity index is 0.00000225. The van der Waals surface area contributed by atoms with Crippen LogP contribution in [0.15, 0.2) is 28.8 Å². The summed E-state index contributed by atoms with van der Waals surface area (Å²) in [5.74, 6) is 4.55. The van der Waals surface area contributed by atoms with E-state index in [0.717, 1.165) is 12.2 Å². The van der Waals surface area contributed by atoms with Crippen molar-refractivity contribution in [3.05, 3.63) is 41.5 Å². The van der Waals surface area contributed by atoms with E-state index in [1.165, 1.54) is 23.5 Å². The SMILES string of the molecule is CNC(C)Cc1noc(COc2ccc(C3SCCCS3)cc2)n1.Cl. The van der Waals surface area contributed by atoms with E-state index >= 15 is 0 Å². The van der Waals surface area contributed by atoms with Crippen LogP contribution in [-0.2, 0) is 13.0 Å². The van der Waals surface area contributed by atoms with Crippen LogP contribution in [0.25, 0.3) is 0 Å². The number of nitrogens with zero attached hydrogens (tertiary/aromatic N) is 2. The Morgan fingerprint density at radius 1 is 1.28 bits per heavy atom. The van der Waals surface area contributed by atoms with Gasteiger partial charge in [-0.25, -0.2) is 0 Å². The molecule has 25 heavy (non-hydrogen) atoms. The van der Waals surface area contributed by atoms with Crippen LogP contribution in [0.1, 0.15) is 35.2 Å². The number of halogens is 1. The summed E-state index contributed by atoms with van der Waals surface area (Å²) in [5.41, 5.74) is 1.36. The van der Waals surface area contributed by atoms with Crippen LogP contribution >= 0.6 is 35.9 Å². The van der Waals surface area contributed by atoms with E-state index in [9.17, 15) is 0 Å². The number of rotatable bonds is 7. The van der Waals surface area contributed by atoms with Gasteiger partial charge in [-0.05, 0) is 49.6 Å². The van der Waals surface area contributed by atoms with Gasteiger partial charge in [0.15, 0.2) is 12.4 Å². The zero-order valence-corrected chi connectivity index (χ0v) is 16.9. The molecule has 2 heterocycles. The molecule has 1 aromatic carbocycles. The average Bonchev–Trinajstić information content (AvgIpc) is 3.08. The highest BCUT2D eigenvalue weighted by atomic mass is 35.5. The van der Waals surface area contributed by atoms with Crippen molar-refractivity contribution in [2.75, 3.05) is 18.6 Å². The van der Waals surface area contributed by atoms with Gasteiger partial charge in [-0.2, -0.15) is 4.98 Å². The second-order valence-electron chi connectivity index (χ2n) is 5.78. The van der Waals surface area contributed by atoms with Crippen LogP contribution in [0.3, 0.4) is 0 Å². The Morgan fingerprint density at radius 3 is 2.68 bits per heavy atom. The number of likely N-dealkylation sites (N-methyl/N-ethyl adjacent to an activating group) is 1. The molecule has 1 aromatic heterocycles. The molecule has 3 rings (SSSR count). The summed E-state index contributed by atoms with van der Waals surface area (Å²) in [7, 11) is 1.92. The monoisotopic (exact) mass is 401 g/mol. The Bertz CT molecular complexity index is 633. The fraction of sp³-hybridized carbons (Fsp3) is 0.529. The predicted molar refractivity (Wildman–Crippen MR) is 107 cm³/mol. The Kier molecular flexibility index (Phi) is 8.42. The molecule has 8 heteroatoms. The van der Waals surface area contributed by atoms with Gasteiger partial charge in [0.1, 0.15) is 5.75 Å². The van der Waals surface area contributed by atoms with Crippen molar-refractivity contribution in [2.45, 2.75) is 37.0 Å². The summed E-state index contributed by atoms with van der Waals surface area (Å²) in [4.78, 5) is 4.35. The van der Waals surface area contributed by atoms with Gasteiger partial charge in [-0.3, -0.25) is 0 Å². The van der Waals surface area contributed by atoms with Gasteiger partial charge >= 0.3 is 0 Å². The summed E-state index contributed by atoms with van der Waals surface area (Å²) in [6, 6.07) is 8.66. The van der Waals surface area contributed by atoms with E-state index < -0.39 is 0 Å². The van der Waals surface area contributed by atoms with Crippen LogP contribution in [0.2, 0.25) is 0 Å². The molecule has 0 spiro atoms. The molecular weight excluding hydrogens is 378 g/mol. The lowest BCUT2D eigenvalue weighted by Gasteiger charge is -2.21. The molecule has 138 valence electrons. The molecule has 1 fully saturated rings. The zero-order valence-electron chi connectivity index (χ0n) is 14.4. The largest absolute Gasteiger partial charge is 0.484 e. The van der Waals surface area contributed by atoms with Crippen LogP contribution in [0.4, 0.5) is 0 Å². The van der Waals surface area contributed by atoms with Crippen LogP contribution in [0.5, 0.6) is 5.75 Å². The molecule has 1 aliphatic heterocycles. The minimum atomic E-state index is 0. The molecule has 0 bridgehead atoms. The van der Waals surface area contributed by atoms with E-state index in [0.29, 0.717) is 28.9 Å². The lowest BCUT2D eigenvalue weighted by Crippen LogP contribution is -2.24. The quantitative estimate of drug-likeness (QED) is 0.749. The minimum absolute atomic E-state index is 0. The Hall–Kier alpha value is -0.890. The summed E-state index contributed by atoms with van der Waals surface area (Å²) < 4.78 is 11.5. The highest BCUT2D eigenvalue weighted by Crippen LogP contribution is 2.43. The van der Waals surface area contributed by atoms with E-state index in [1.807, 2.05) is 42.7 Å². The molecule has 0 radical (unpaired) electrons. The number of hydrogen-bond donors (Lipinski definition) is 1. The van der Waals surface area contributed by atoms with Crippen molar-refractivity contribution in [3.8, 4) is 5.75 Å². The van der Waals surface area contributed by atoms with E-state index in [-0.39, 0.29) is 12.4 Å². The maximum Gasteiger partial charge on any atom is 0.264 e. The van der Waals surface area contributed by atoms with E-state index in [1.54, 1.807) is 0 Å². The van der Waals surface area contributed by atoms with Gasteiger partial charge in [-0.1, -0.05) is 17.3 Å². The van der Waals surface area contributed by atoms with Crippen LogP contribution in [-0.4, -0.2) is 34.7 Å². The van der Waals surface area contributed by atoms with Gasteiger partial charge in [0.05, 0.1) is 4.58 Å². The van der Waals surface area contributed by atoms with Crippen LogP contribution in [0, 0.1) is 0 Å². The molecule has 1 atom stereocenters. The lowest BCUT2D eigenvalue weighted by atomic mass is 10.2. The molecule has 5 nitrogen and oxygen atoms in total. The first-order valence-electron chi connectivity index (χ1n) is 8.19. The fourth-order valence-electron chi connectivity index (χ4n) is 2.35. The van der Waals surface area contributed by atoms with Crippen molar-refractivity contribution in [2.24, 2.45) is 0 Å². The number of thioether (sulfide) groups is 2. The topological polar surface area (TPSA) is 60.2 Å².